The number of hydrogen-bond donors (Lipinski definition) is 1. The number of carbonyl (C=O) groups excluding carboxylic acids is 1. The lowest BCUT2D eigenvalue weighted by Crippen LogP contribution is -2.13. The van der Waals surface area contributed by atoms with Crippen molar-refractivity contribution in [2.45, 2.75) is 6.61 Å². The number of non-ortho nitro benzene ring substituents is 1. The average molecular weight is 498 g/mol. The Morgan fingerprint density at radius 1 is 1.15 bits per heavy atom. The van der Waals surface area contributed by atoms with E-state index < -0.39 is 10.8 Å². The van der Waals surface area contributed by atoms with E-state index in [-0.39, 0.29) is 23.6 Å². The minimum Gasteiger partial charge on any atom is -0.493 e. The molecule has 0 unspecified atom stereocenters. The summed E-state index contributed by atoms with van der Waals surface area (Å²) < 4.78 is 11.3. The van der Waals surface area contributed by atoms with Crippen LogP contribution >= 0.6 is 23.2 Å². The van der Waals surface area contributed by atoms with Crippen LogP contribution in [-0.4, -0.2) is 17.9 Å². The highest BCUT2D eigenvalue weighted by Gasteiger charge is 2.16. The number of nitriles is 1. The van der Waals surface area contributed by atoms with Gasteiger partial charge in [-0.2, -0.15) is 5.26 Å². The molecule has 172 valence electrons. The monoisotopic (exact) mass is 497 g/mol. The topological polar surface area (TPSA) is 114 Å². The number of benzene rings is 3. The number of hydrogen-bond acceptors (Lipinski definition) is 6. The normalized spacial score (nSPS) is 10.8. The van der Waals surface area contributed by atoms with Gasteiger partial charge in [0.1, 0.15) is 18.2 Å². The third-order valence-electron chi connectivity index (χ3n) is 4.58. The van der Waals surface area contributed by atoms with Crippen molar-refractivity contribution >= 4 is 46.6 Å². The maximum absolute atomic E-state index is 12.7. The van der Waals surface area contributed by atoms with Crippen molar-refractivity contribution in [1.82, 2.24) is 0 Å². The smallest absolute Gasteiger partial charge is 0.271 e. The summed E-state index contributed by atoms with van der Waals surface area (Å²) in [5, 5.41) is 23.8. The predicted octanol–water partition coefficient (Wildman–Crippen LogP) is 6.03. The first-order valence-corrected chi connectivity index (χ1v) is 10.5. The highest BCUT2D eigenvalue weighted by atomic mass is 35.5. The molecule has 1 amide bonds. The molecule has 3 rings (SSSR count). The molecule has 0 radical (unpaired) electrons. The molecule has 34 heavy (non-hydrogen) atoms. The Balaban J connectivity index is 1.88. The fraction of sp³-hybridized carbons (Fsp3) is 0.0833. The molecule has 0 aliphatic carbocycles. The van der Waals surface area contributed by atoms with Crippen LogP contribution in [0.1, 0.15) is 11.1 Å². The van der Waals surface area contributed by atoms with E-state index in [4.69, 9.17) is 32.7 Å². The fourth-order valence-electron chi connectivity index (χ4n) is 2.95. The zero-order valence-electron chi connectivity index (χ0n) is 17.7. The maximum atomic E-state index is 12.7. The third-order valence-corrected chi connectivity index (χ3v) is 5.32. The molecule has 0 spiro atoms. The maximum Gasteiger partial charge on any atom is 0.271 e. The molecule has 8 nitrogen and oxygen atoms in total. The number of anilines is 1. The molecule has 0 saturated heterocycles. The Bertz CT molecular complexity index is 1320. The zero-order chi connectivity index (χ0) is 24.7. The second-order valence-corrected chi connectivity index (χ2v) is 7.66. The number of methoxy groups -OCH3 is 1. The van der Waals surface area contributed by atoms with Crippen LogP contribution in [0.3, 0.4) is 0 Å². The van der Waals surface area contributed by atoms with Crippen molar-refractivity contribution in [3.8, 4) is 17.6 Å². The molecular formula is C24H17Cl2N3O5. The summed E-state index contributed by atoms with van der Waals surface area (Å²) in [6.45, 7) is 0.125. The molecule has 1 N–H and O–H groups in total. The number of halogens is 2. The van der Waals surface area contributed by atoms with Gasteiger partial charge in [-0.3, -0.25) is 14.9 Å². The van der Waals surface area contributed by atoms with E-state index in [2.05, 4.69) is 5.32 Å². The van der Waals surface area contributed by atoms with Crippen molar-refractivity contribution in [2.24, 2.45) is 0 Å². The molecule has 0 atom stereocenters. The van der Waals surface area contributed by atoms with Crippen LogP contribution in [0.2, 0.25) is 10.0 Å². The Labute approximate surface area is 205 Å². The molecule has 10 heteroatoms. The van der Waals surface area contributed by atoms with E-state index in [1.165, 1.54) is 37.5 Å². The summed E-state index contributed by atoms with van der Waals surface area (Å²) >= 11 is 12.0. The van der Waals surface area contributed by atoms with E-state index in [0.29, 0.717) is 27.1 Å². The zero-order valence-corrected chi connectivity index (χ0v) is 19.3. The molecule has 3 aromatic carbocycles. The van der Waals surface area contributed by atoms with Gasteiger partial charge in [-0.25, -0.2) is 0 Å². The standard InChI is InChI=1S/C24H17Cl2N3O5/c1-33-22-7-2-4-16(23(22)34-14-15-8-9-20(25)21(26)10-15)11-17(13-27)24(30)28-18-5-3-6-19(12-18)29(31)32/h2-12H,14H2,1H3,(H,28,30)/b17-11-. The molecule has 0 bridgehead atoms. The first kappa shape index (κ1) is 24.6. The number of amides is 1. The SMILES string of the molecule is COc1cccc(/C=C(/C#N)C(=O)Nc2cccc([N+](=O)[O-])c2)c1OCc1ccc(Cl)c(Cl)c1. The number of nitrogens with one attached hydrogen (secondary N) is 1. The molecule has 0 fully saturated rings. The Morgan fingerprint density at radius 3 is 2.59 bits per heavy atom. The lowest BCUT2D eigenvalue weighted by atomic mass is 10.1. The molecule has 3 aromatic rings. The second-order valence-electron chi connectivity index (χ2n) is 6.85. The van der Waals surface area contributed by atoms with E-state index >= 15 is 0 Å². The summed E-state index contributed by atoms with van der Waals surface area (Å²) in [6.07, 6.45) is 1.35. The van der Waals surface area contributed by atoms with Crippen LogP contribution < -0.4 is 14.8 Å². The minimum atomic E-state index is -0.735. The lowest BCUT2D eigenvalue weighted by Gasteiger charge is -2.14. The summed E-state index contributed by atoms with van der Waals surface area (Å²) in [6, 6.07) is 17.4. The van der Waals surface area contributed by atoms with Gasteiger partial charge in [-0.1, -0.05) is 47.5 Å². The predicted molar refractivity (Wildman–Crippen MR) is 129 cm³/mol. The van der Waals surface area contributed by atoms with Crippen LogP contribution in [0.5, 0.6) is 11.5 Å². The number of para-hydroxylation sites is 1. The van der Waals surface area contributed by atoms with E-state index in [0.717, 1.165) is 5.56 Å². The highest BCUT2D eigenvalue weighted by molar-refractivity contribution is 6.42. The van der Waals surface area contributed by atoms with Crippen LogP contribution in [0.4, 0.5) is 11.4 Å². The van der Waals surface area contributed by atoms with Gasteiger partial charge in [0.15, 0.2) is 11.5 Å². The molecule has 0 saturated carbocycles. The summed E-state index contributed by atoms with van der Waals surface area (Å²) in [5.41, 5.74) is 0.927. The van der Waals surface area contributed by atoms with Gasteiger partial charge in [0.25, 0.3) is 11.6 Å². The number of nitro groups is 1. The summed E-state index contributed by atoms with van der Waals surface area (Å²) in [7, 11) is 1.47. The Kier molecular flexibility index (Phi) is 8.09. The van der Waals surface area contributed by atoms with Crippen LogP contribution in [0, 0.1) is 21.4 Å². The van der Waals surface area contributed by atoms with Crippen molar-refractivity contribution in [3.63, 3.8) is 0 Å². The summed E-state index contributed by atoms with van der Waals surface area (Å²) in [5.74, 6) is -0.0292. The quantitative estimate of drug-likeness (QED) is 0.175. The van der Waals surface area contributed by atoms with E-state index in [9.17, 15) is 20.2 Å². The number of nitrogens with zero attached hydrogens (tertiary/aromatic N) is 2. The number of rotatable bonds is 8. The van der Waals surface area contributed by atoms with Gasteiger partial charge in [0.2, 0.25) is 0 Å². The van der Waals surface area contributed by atoms with Crippen molar-refractivity contribution in [2.75, 3.05) is 12.4 Å². The Morgan fingerprint density at radius 2 is 1.91 bits per heavy atom. The van der Waals surface area contributed by atoms with Gasteiger partial charge in [-0.15, -0.1) is 0 Å². The number of ether oxygens (including phenoxy) is 2. The molecule has 0 aliphatic heterocycles. The first-order valence-electron chi connectivity index (χ1n) is 9.73. The van der Waals surface area contributed by atoms with Crippen LogP contribution in [0.15, 0.2) is 66.2 Å². The fourth-order valence-corrected chi connectivity index (χ4v) is 3.27. The van der Waals surface area contributed by atoms with E-state index in [1.807, 2.05) is 6.07 Å². The molecule has 0 heterocycles. The molecule has 0 aliphatic rings. The summed E-state index contributed by atoms with van der Waals surface area (Å²) in [4.78, 5) is 23.1. The van der Waals surface area contributed by atoms with Crippen LogP contribution in [-0.2, 0) is 11.4 Å². The lowest BCUT2D eigenvalue weighted by molar-refractivity contribution is -0.384. The number of nitro benzene ring substituents is 1. The van der Waals surface area contributed by atoms with Crippen LogP contribution in [0.25, 0.3) is 6.08 Å². The minimum absolute atomic E-state index is 0.125. The number of carbonyl (C=O) groups is 1. The van der Waals surface area contributed by atoms with Gasteiger partial charge >= 0.3 is 0 Å². The average Bonchev–Trinajstić information content (AvgIpc) is 2.83. The largest absolute Gasteiger partial charge is 0.493 e. The van der Waals surface area contributed by atoms with Gasteiger partial charge in [0.05, 0.1) is 22.1 Å². The van der Waals surface area contributed by atoms with Gasteiger partial charge in [-0.05, 0) is 35.9 Å². The molecular weight excluding hydrogens is 481 g/mol. The second kappa shape index (κ2) is 11.2. The first-order chi connectivity index (χ1) is 16.3. The van der Waals surface area contributed by atoms with Crippen molar-refractivity contribution in [3.05, 3.63) is 97.5 Å². The molecule has 0 aromatic heterocycles. The Hall–Kier alpha value is -4.06. The third kappa shape index (κ3) is 6.04. The van der Waals surface area contributed by atoms with Crippen molar-refractivity contribution in [1.29, 1.82) is 5.26 Å². The van der Waals surface area contributed by atoms with E-state index in [1.54, 1.807) is 36.4 Å². The van der Waals surface area contributed by atoms with Gasteiger partial charge in [0, 0.05) is 23.4 Å². The highest BCUT2D eigenvalue weighted by Crippen LogP contribution is 2.34. The van der Waals surface area contributed by atoms with Gasteiger partial charge < -0.3 is 14.8 Å². The van der Waals surface area contributed by atoms with Crippen molar-refractivity contribution < 1.29 is 19.2 Å².